The van der Waals surface area contributed by atoms with Gasteiger partial charge in [-0.1, -0.05) is 26.7 Å². The van der Waals surface area contributed by atoms with E-state index < -0.39 is 0 Å². The predicted octanol–water partition coefficient (Wildman–Crippen LogP) is 4.42. The van der Waals surface area contributed by atoms with E-state index in [0.29, 0.717) is 31.8 Å². The summed E-state index contributed by atoms with van der Waals surface area (Å²) in [6.45, 7) is 5.23. The lowest BCUT2D eigenvalue weighted by Gasteiger charge is -2.27. The van der Waals surface area contributed by atoms with Crippen LogP contribution >= 0.6 is 0 Å². The summed E-state index contributed by atoms with van der Waals surface area (Å²) in [5.74, 6) is 1.21. The number of amides is 3. The zero-order chi connectivity index (χ0) is 22.5. The number of imide groups is 1. The molecule has 8 nitrogen and oxygen atoms in total. The van der Waals surface area contributed by atoms with E-state index >= 15 is 0 Å². The summed E-state index contributed by atoms with van der Waals surface area (Å²) < 4.78 is 13.5. The van der Waals surface area contributed by atoms with Crippen molar-refractivity contribution in [1.29, 1.82) is 0 Å². The molecule has 0 saturated carbocycles. The van der Waals surface area contributed by atoms with Gasteiger partial charge in [0, 0.05) is 30.4 Å². The number of fused-ring (bicyclic) bond motifs is 1. The third kappa shape index (κ3) is 4.49. The summed E-state index contributed by atoms with van der Waals surface area (Å²) in [5.41, 5.74) is 1.57. The van der Waals surface area contributed by atoms with Crippen molar-refractivity contribution in [3.05, 3.63) is 48.3 Å². The summed E-state index contributed by atoms with van der Waals surface area (Å²) in [6.07, 6.45) is 7.59. The number of carbonyl (C=O) groups is 2. The van der Waals surface area contributed by atoms with E-state index in [9.17, 15) is 9.59 Å². The Balaban J connectivity index is 1.55. The first kappa shape index (κ1) is 21.9. The highest BCUT2D eigenvalue weighted by Crippen LogP contribution is 2.31. The van der Waals surface area contributed by atoms with E-state index in [4.69, 9.17) is 9.47 Å². The van der Waals surface area contributed by atoms with E-state index in [2.05, 4.69) is 12.0 Å². The molecular formula is C24H30N4O4. The minimum absolute atomic E-state index is 0.0573. The van der Waals surface area contributed by atoms with Crippen LogP contribution in [0.2, 0.25) is 0 Å². The van der Waals surface area contributed by atoms with Crippen molar-refractivity contribution >= 4 is 17.6 Å². The molecule has 3 amide bonds. The van der Waals surface area contributed by atoms with Gasteiger partial charge < -0.3 is 14.0 Å². The normalized spacial score (nSPS) is 18.1. The van der Waals surface area contributed by atoms with Crippen molar-refractivity contribution in [2.24, 2.45) is 5.10 Å². The van der Waals surface area contributed by atoms with Crippen LogP contribution in [0.4, 0.5) is 4.79 Å². The molecule has 1 aromatic heterocycles. The smallest absolute Gasteiger partial charge is 0.349 e. The Morgan fingerprint density at radius 1 is 1.16 bits per heavy atom. The Hall–Kier alpha value is -3.29. The first-order valence-electron chi connectivity index (χ1n) is 11.4. The quantitative estimate of drug-likeness (QED) is 0.429. The molecule has 32 heavy (non-hydrogen) atoms. The van der Waals surface area contributed by atoms with E-state index in [1.807, 2.05) is 54.2 Å². The molecule has 3 heterocycles. The van der Waals surface area contributed by atoms with Gasteiger partial charge in [0.1, 0.15) is 24.2 Å². The second-order valence-electron chi connectivity index (χ2n) is 8.01. The Kier molecular flexibility index (Phi) is 6.78. The highest BCUT2D eigenvalue weighted by Gasteiger charge is 2.41. The van der Waals surface area contributed by atoms with E-state index in [0.717, 1.165) is 36.3 Å². The van der Waals surface area contributed by atoms with Crippen molar-refractivity contribution in [3.8, 4) is 11.5 Å². The predicted molar refractivity (Wildman–Crippen MR) is 121 cm³/mol. The van der Waals surface area contributed by atoms with E-state index in [1.165, 1.54) is 9.91 Å². The van der Waals surface area contributed by atoms with Crippen LogP contribution in [0.15, 0.2) is 47.8 Å². The lowest BCUT2D eigenvalue weighted by atomic mass is 10.0. The number of rotatable bonds is 9. The molecule has 2 aliphatic heterocycles. The van der Waals surface area contributed by atoms with Crippen LogP contribution in [-0.2, 0) is 4.79 Å². The lowest BCUT2D eigenvalue weighted by molar-refractivity contribution is -0.128. The second-order valence-corrected chi connectivity index (χ2v) is 8.01. The average molecular weight is 439 g/mol. The number of carbonyl (C=O) groups excluding carboxylic acids is 2. The molecule has 1 unspecified atom stereocenters. The number of hydrogen-bond donors (Lipinski definition) is 0. The van der Waals surface area contributed by atoms with Crippen molar-refractivity contribution in [2.45, 2.75) is 52.1 Å². The standard InChI is InChI=1S/C24H30N4O4/c1-3-5-14-31-18-9-10-19-20(11-15-32-21(19)16-18)25-27-17-23(29)28(24(27)30)22(8-4-2)26-12-6-7-13-26/h6-7,9-10,12-13,16,22H,3-5,8,11,14-15,17H2,1-2H3/b25-20+. The molecule has 0 radical (unpaired) electrons. The molecule has 1 atom stereocenters. The Morgan fingerprint density at radius 3 is 2.72 bits per heavy atom. The summed E-state index contributed by atoms with van der Waals surface area (Å²) in [4.78, 5) is 27.3. The SMILES string of the molecule is CCCCOc1ccc2c(c1)OCC/C2=N\N1CC(=O)N(C(CCC)n2cccc2)C1=O. The van der Waals surface area contributed by atoms with Crippen LogP contribution in [0, 0.1) is 0 Å². The number of aromatic nitrogens is 1. The molecule has 1 saturated heterocycles. The van der Waals surface area contributed by atoms with Gasteiger partial charge in [0.05, 0.1) is 18.9 Å². The summed E-state index contributed by atoms with van der Waals surface area (Å²) in [7, 11) is 0. The van der Waals surface area contributed by atoms with E-state index in [1.54, 1.807) is 0 Å². The van der Waals surface area contributed by atoms with Gasteiger partial charge in [-0.2, -0.15) is 5.10 Å². The fourth-order valence-corrected chi connectivity index (χ4v) is 4.02. The van der Waals surface area contributed by atoms with Gasteiger partial charge in [-0.25, -0.2) is 14.7 Å². The van der Waals surface area contributed by atoms with Crippen LogP contribution in [0.25, 0.3) is 0 Å². The van der Waals surface area contributed by atoms with Gasteiger partial charge in [-0.3, -0.25) is 4.79 Å². The summed E-state index contributed by atoms with van der Waals surface area (Å²) >= 11 is 0. The molecule has 0 aliphatic carbocycles. The molecule has 1 aromatic carbocycles. The number of nitrogens with zero attached hydrogens (tertiary/aromatic N) is 4. The third-order valence-corrected chi connectivity index (χ3v) is 5.67. The Morgan fingerprint density at radius 2 is 1.97 bits per heavy atom. The molecule has 0 N–H and O–H groups in total. The average Bonchev–Trinajstić information content (AvgIpc) is 3.41. The number of unbranched alkanes of at least 4 members (excludes halogenated alkanes) is 1. The van der Waals surface area contributed by atoms with Crippen molar-refractivity contribution < 1.29 is 19.1 Å². The summed E-state index contributed by atoms with van der Waals surface area (Å²) in [5, 5.41) is 5.88. The van der Waals surface area contributed by atoms with Gasteiger partial charge in [0.15, 0.2) is 0 Å². The molecule has 0 spiro atoms. The molecular weight excluding hydrogens is 408 g/mol. The number of hydrogen-bond acceptors (Lipinski definition) is 5. The largest absolute Gasteiger partial charge is 0.493 e. The Bertz CT molecular complexity index is 986. The fourth-order valence-electron chi connectivity index (χ4n) is 4.02. The molecule has 2 aliphatic rings. The maximum atomic E-state index is 13.2. The van der Waals surface area contributed by atoms with Crippen LogP contribution in [0.3, 0.4) is 0 Å². The zero-order valence-electron chi connectivity index (χ0n) is 18.7. The van der Waals surface area contributed by atoms with Crippen LogP contribution in [0.1, 0.15) is 57.7 Å². The van der Waals surface area contributed by atoms with Gasteiger partial charge in [-0.05, 0) is 37.1 Å². The van der Waals surface area contributed by atoms with Gasteiger partial charge >= 0.3 is 6.03 Å². The van der Waals surface area contributed by atoms with Crippen LogP contribution in [-0.4, -0.2) is 51.9 Å². The van der Waals surface area contributed by atoms with Gasteiger partial charge in [0.2, 0.25) is 0 Å². The highest BCUT2D eigenvalue weighted by atomic mass is 16.5. The van der Waals surface area contributed by atoms with Crippen molar-refractivity contribution in [3.63, 3.8) is 0 Å². The maximum Gasteiger partial charge on any atom is 0.349 e. The zero-order valence-corrected chi connectivity index (χ0v) is 18.7. The number of urea groups is 1. The third-order valence-electron chi connectivity index (χ3n) is 5.67. The fraction of sp³-hybridized carbons (Fsp3) is 0.458. The molecule has 0 bridgehead atoms. The molecule has 170 valence electrons. The molecule has 8 heteroatoms. The maximum absolute atomic E-state index is 13.2. The van der Waals surface area contributed by atoms with Gasteiger partial charge in [0.25, 0.3) is 5.91 Å². The second kappa shape index (κ2) is 9.89. The Labute approximate surface area is 188 Å². The van der Waals surface area contributed by atoms with Crippen LogP contribution < -0.4 is 9.47 Å². The molecule has 1 fully saturated rings. The summed E-state index contributed by atoms with van der Waals surface area (Å²) in [6, 6.07) is 9.07. The topological polar surface area (TPSA) is 76.4 Å². The first-order chi connectivity index (χ1) is 15.6. The van der Waals surface area contributed by atoms with Crippen molar-refractivity contribution in [2.75, 3.05) is 19.8 Å². The lowest BCUT2D eigenvalue weighted by Crippen LogP contribution is -2.38. The number of ether oxygens (including phenoxy) is 2. The van der Waals surface area contributed by atoms with Crippen molar-refractivity contribution in [1.82, 2.24) is 14.5 Å². The minimum atomic E-state index is -0.387. The first-order valence-corrected chi connectivity index (χ1v) is 11.4. The highest BCUT2D eigenvalue weighted by molar-refractivity contribution is 6.06. The number of benzene rings is 1. The van der Waals surface area contributed by atoms with E-state index in [-0.39, 0.29) is 24.6 Å². The molecule has 2 aromatic rings. The monoisotopic (exact) mass is 438 g/mol. The molecule has 4 rings (SSSR count). The minimum Gasteiger partial charge on any atom is -0.493 e. The number of hydrazone groups is 1. The van der Waals surface area contributed by atoms with Gasteiger partial charge in [-0.15, -0.1) is 0 Å². The van der Waals surface area contributed by atoms with Crippen LogP contribution in [0.5, 0.6) is 11.5 Å².